The van der Waals surface area contributed by atoms with Crippen LogP contribution in [-0.2, 0) is 0 Å². The van der Waals surface area contributed by atoms with E-state index in [1.807, 2.05) is 12.1 Å². The van der Waals surface area contributed by atoms with E-state index in [-0.39, 0.29) is 5.88 Å². The minimum absolute atomic E-state index is 0.319. The van der Waals surface area contributed by atoms with Crippen molar-refractivity contribution < 1.29 is 9.34 Å². The zero-order chi connectivity index (χ0) is 17.7. The highest BCUT2D eigenvalue weighted by atomic mass is 35.5. The molecule has 0 fully saturated rings. The predicted molar refractivity (Wildman–Crippen MR) is 99.2 cm³/mol. The Morgan fingerprint density at radius 1 is 0.920 bits per heavy atom. The molecule has 0 radical (unpaired) electrons. The number of nitro groups is 1. The smallest absolute Gasteiger partial charge is 0.401 e. The SMILES string of the molecule is O=[N+]([O-])c1ccc(C=C2c3cc(Cl)ccc3-c3c(Cl)cc(Cl)cc32)o1. The third-order valence-corrected chi connectivity index (χ3v) is 4.72. The maximum Gasteiger partial charge on any atom is 0.433 e. The van der Waals surface area contributed by atoms with Gasteiger partial charge in [-0.05, 0) is 58.7 Å². The van der Waals surface area contributed by atoms with Gasteiger partial charge in [-0.15, -0.1) is 0 Å². The van der Waals surface area contributed by atoms with E-state index in [9.17, 15) is 10.1 Å². The number of furan rings is 1. The summed E-state index contributed by atoms with van der Waals surface area (Å²) in [5.41, 5.74) is 4.26. The Kier molecular flexibility index (Phi) is 3.84. The Bertz CT molecular complexity index is 1070. The van der Waals surface area contributed by atoms with Crippen LogP contribution < -0.4 is 0 Å². The third-order valence-electron chi connectivity index (χ3n) is 3.97. The molecule has 3 aromatic rings. The summed E-state index contributed by atoms with van der Waals surface area (Å²) in [5.74, 6) is 0.0390. The molecule has 0 amide bonds. The lowest BCUT2D eigenvalue weighted by Crippen LogP contribution is -1.83. The van der Waals surface area contributed by atoms with Gasteiger partial charge in [0.1, 0.15) is 10.7 Å². The Balaban J connectivity index is 1.97. The van der Waals surface area contributed by atoms with Gasteiger partial charge in [-0.3, -0.25) is 10.1 Å². The molecule has 4 rings (SSSR count). The van der Waals surface area contributed by atoms with Crippen molar-refractivity contribution in [2.45, 2.75) is 0 Å². The first-order valence-corrected chi connectivity index (χ1v) is 8.33. The molecule has 0 N–H and O–H groups in total. The molecule has 1 aliphatic carbocycles. The topological polar surface area (TPSA) is 56.3 Å². The van der Waals surface area contributed by atoms with Crippen molar-refractivity contribution in [2.75, 3.05) is 0 Å². The molecule has 0 unspecified atom stereocenters. The maximum atomic E-state index is 10.8. The maximum absolute atomic E-state index is 10.8. The van der Waals surface area contributed by atoms with Gasteiger partial charge in [0.15, 0.2) is 0 Å². The summed E-state index contributed by atoms with van der Waals surface area (Å²) in [6, 6.07) is 11.8. The van der Waals surface area contributed by atoms with Crippen LogP contribution in [0.3, 0.4) is 0 Å². The van der Waals surface area contributed by atoms with Crippen LogP contribution in [0.15, 0.2) is 46.9 Å². The molecule has 1 aliphatic rings. The lowest BCUT2D eigenvalue weighted by Gasteiger charge is -2.04. The lowest BCUT2D eigenvalue weighted by molar-refractivity contribution is -0.402. The van der Waals surface area contributed by atoms with E-state index in [2.05, 4.69) is 0 Å². The third kappa shape index (κ3) is 2.72. The summed E-state index contributed by atoms with van der Waals surface area (Å²) < 4.78 is 5.25. The summed E-state index contributed by atoms with van der Waals surface area (Å²) in [5, 5.41) is 12.4. The first-order valence-electron chi connectivity index (χ1n) is 7.19. The Morgan fingerprint density at radius 2 is 1.68 bits per heavy atom. The van der Waals surface area contributed by atoms with E-state index in [0.717, 1.165) is 27.8 Å². The average Bonchev–Trinajstić information content (AvgIpc) is 3.12. The minimum Gasteiger partial charge on any atom is -0.401 e. The fourth-order valence-electron chi connectivity index (χ4n) is 2.98. The van der Waals surface area contributed by atoms with Gasteiger partial charge < -0.3 is 4.42 Å². The number of hydrogen-bond acceptors (Lipinski definition) is 3. The van der Waals surface area contributed by atoms with Crippen molar-refractivity contribution in [3.8, 4) is 11.1 Å². The predicted octanol–water partition coefficient (Wildman–Crippen LogP) is 6.72. The first kappa shape index (κ1) is 16.2. The summed E-state index contributed by atoms with van der Waals surface area (Å²) in [7, 11) is 0. The van der Waals surface area contributed by atoms with E-state index < -0.39 is 4.92 Å². The Hall–Kier alpha value is -2.27. The van der Waals surface area contributed by atoms with E-state index in [4.69, 9.17) is 39.2 Å². The molecular formula is C18H8Cl3NO3. The molecule has 0 spiro atoms. The van der Waals surface area contributed by atoms with Crippen LogP contribution in [-0.4, -0.2) is 4.92 Å². The van der Waals surface area contributed by atoms with Crippen molar-refractivity contribution in [1.29, 1.82) is 0 Å². The summed E-state index contributed by atoms with van der Waals surface area (Å²) in [6.45, 7) is 0. The molecule has 4 nitrogen and oxygen atoms in total. The highest BCUT2D eigenvalue weighted by molar-refractivity contribution is 6.38. The van der Waals surface area contributed by atoms with Gasteiger partial charge >= 0.3 is 5.88 Å². The van der Waals surface area contributed by atoms with Crippen molar-refractivity contribution in [3.63, 3.8) is 0 Å². The van der Waals surface area contributed by atoms with Gasteiger partial charge in [-0.1, -0.05) is 40.9 Å². The van der Waals surface area contributed by atoms with Crippen molar-refractivity contribution in [3.05, 3.63) is 84.5 Å². The highest BCUT2D eigenvalue weighted by Crippen LogP contribution is 2.50. The molecule has 7 heteroatoms. The molecule has 0 atom stereocenters. The number of fused-ring (bicyclic) bond motifs is 3. The minimum atomic E-state index is -0.580. The van der Waals surface area contributed by atoms with E-state index in [1.165, 1.54) is 6.07 Å². The van der Waals surface area contributed by atoms with Gasteiger partial charge in [-0.2, -0.15) is 0 Å². The zero-order valence-electron chi connectivity index (χ0n) is 12.4. The van der Waals surface area contributed by atoms with Crippen molar-refractivity contribution in [2.24, 2.45) is 0 Å². The second-order valence-corrected chi connectivity index (χ2v) is 6.77. The quantitative estimate of drug-likeness (QED) is 0.281. The van der Waals surface area contributed by atoms with E-state index in [1.54, 1.807) is 30.3 Å². The van der Waals surface area contributed by atoms with Crippen molar-refractivity contribution in [1.82, 2.24) is 0 Å². The number of benzene rings is 2. The van der Waals surface area contributed by atoms with Gasteiger partial charge in [0, 0.05) is 15.6 Å². The van der Waals surface area contributed by atoms with Crippen LogP contribution in [0.1, 0.15) is 16.9 Å². The van der Waals surface area contributed by atoms with Crippen LogP contribution in [0.5, 0.6) is 0 Å². The molecule has 2 aromatic carbocycles. The average molecular weight is 393 g/mol. The van der Waals surface area contributed by atoms with Crippen LogP contribution >= 0.6 is 34.8 Å². The number of nitrogens with zero attached hydrogens (tertiary/aromatic N) is 1. The zero-order valence-corrected chi connectivity index (χ0v) is 14.7. The summed E-state index contributed by atoms with van der Waals surface area (Å²) in [6.07, 6.45) is 1.72. The highest BCUT2D eigenvalue weighted by Gasteiger charge is 2.27. The van der Waals surface area contributed by atoms with Gasteiger partial charge in [0.05, 0.1) is 11.1 Å². The largest absolute Gasteiger partial charge is 0.433 e. The lowest BCUT2D eigenvalue weighted by atomic mass is 10.0. The van der Waals surface area contributed by atoms with Gasteiger partial charge in [0.25, 0.3) is 0 Å². The summed E-state index contributed by atoms with van der Waals surface area (Å²) >= 11 is 18.7. The molecule has 1 heterocycles. The molecule has 25 heavy (non-hydrogen) atoms. The standard InChI is InChI=1S/C18H8Cl3NO3/c19-9-1-3-12-13(5-9)14(8-11-2-4-17(25-11)22(23)24)15-6-10(20)7-16(21)18(12)15/h1-8H. The molecule has 1 aromatic heterocycles. The second kappa shape index (κ2) is 5.92. The molecule has 0 aliphatic heterocycles. The van der Waals surface area contributed by atoms with Crippen LogP contribution in [0.25, 0.3) is 22.8 Å². The van der Waals surface area contributed by atoms with Crippen molar-refractivity contribution >= 4 is 52.3 Å². The summed E-state index contributed by atoms with van der Waals surface area (Å²) in [4.78, 5) is 10.2. The number of hydrogen-bond donors (Lipinski definition) is 0. The second-order valence-electron chi connectivity index (χ2n) is 5.49. The number of rotatable bonds is 2. The molecule has 0 saturated carbocycles. The Morgan fingerprint density at radius 3 is 2.40 bits per heavy atom. The molecule has 0 saturated heterocycles. The fourth-order valence-corrected chi connectivity index (χ4v) is 3.75. The monoisotopic (exact) mass is 391 g/mol. The van der Waals surface area contributed by atoms with Crippen LogP contribution in [0.2, 0.25) is 15.1 Å². The number of halogens is 3. The van der Waals surface area contributed by atoms with Gasteiger partial charge in [0.2, 0.25) is 0 Å². The molecular weight excluding hydrogens is 385 g/mol. The normalized spacial score (nSPS) is 13.8. The Labute approximate surface area is 157 Å². The van der Waals surface area contributed by atoms with Crippen LogP contribution in [0, 0.1) is 10.1 Å². The van der Waals surface area contributed by atoms with E-state index in [0.29, 0.717) is 20.8 Å². The first-order chi connectivity index (χ1) is 11.9. The molecule has 0 bridgehead atoms. The van der Waals surface area contributed by atoms with Crippen LogP contribution in [0.4, 0.5) is 5.88 Å². The molecule has 124 valence electrons. The van der Waals surface area contributed by atoms with Gasteiger partial charge in [-0.25, -0.2) is 0 Å². The van der Waals surface area contributed by atoms with E-state index >= 15 is 0 Å². The fraction of sp³-hybridized carbons (Fsp3) is 0.